The van der Waals surface area contributed by atoms with Gasteiger partial charge >= 0.3 is 6.09 Å². The van der Waals surface area contributed by atoms with E-state index in [0.717, 1.165) is 19.3 Å². The van der Waals surface area contributed by atoms with E-state index in [0.29, 0.717) is 6.61 Å². The van der Waals surface area contributed by atoms with Gasteiger partial charge in [-0.05, 0) is 19.8 Å². The lowest BCUT2D eigenvalue weighted by Crippen LogP contribution is -2.49. The van der Waals surface area contributed by atoms with Gasteiger partial charge in [0.05, 0.1) is 6.61 Å². The molecule has 2 atom stereocenters. The normalized spacial score (nSPS) is 28.2. The van der Waals surface area contributed by atoms with Gasteiger partial charge in [-0.3, -0.25) is 0 Å². The molecule has 0 aromatic heterocycles. The molecule has 0 aliphatic heterocycles. The third-order valence-corrected chi connectivity index (χ3v) is 2.40. The summed E-state index contributed by atoms with van der Waals surface area (Å²) in [6.45, 7) is 2.20. The second kappa shape index (κ2) is 5.07. The number of hydrogen-bond acceptors (Lipinski definition) is 3. The van der Waals surface area contributed by atoms with E-state index in [9.17, 15) is 4.79 Å². The maximum absolute atomic E-state index is 11.1. The summed E-state index contributed by atoms with van der Waals surface area (Å²) in [4.78, 5) is 11.1. The Balaban J connectivity index is 2.29. The third kappa shape index (κ3) is 3.22. The quantitative estimate of drug-likeness (QED) is 0.676. The smallest absolute Gasteiger partial charge is 0.407 e. The predicted molar refractivity (Wildman–Crippen MR) is 50.4 cm³/mol. The zero-order chi connectivity index (χ0) is 9.68. The number of carbonyl (C=O) groups excluding carboxylic acids is 1. The Morgan fingerprint density at radius 2 is 2.23 bits per heavy atom. The van der Waals surface area contributed by atoms with Crippen molar-refractivity contribution < 1.29 is 9.53 Å². The van der Waals surface area contributed by atoms with Gasteiger partial charge < -0.3 is 15.8 Å². The van der Waals surface area contributed by atoms with Crippen LogP contribution in [-0.4, -0.2) is 24.8 Å². The zero-order valence-electron chi connectivity index (χ0n) is 8.08. The Kier molecular flexibility index (Phi) is 4.02. The van der Waals surface area contributed by atoms with Crippen LogP contribution in [0, 0.1) is 0 Å². The first-order chi connectivity index (χ1) is 6.24. The summed E-state index contributed by atoms with van der Waals surface area (Å²) in [6, 6.07) is 0.200. The number of rotatable bonds is 2. The summed E-state index contributed by atoms with van der Waals surface area (Å²) >= 11 is 0. The first-order valence-corrected chi connectivity index (χ1v) is 4.93. The molecule has 0 radical (unpaired) electrons. The number of amides is 1. The number of nitrogens with two attached hydrogens (primary N) is 1. The van der Waals surface area contributed by atoms with Crippen molar-refractivity contribution in [2.75, 3.05) is 6.61 Å². The van der Waals surface area contributed by atoms with Crippen LogP contribution >= 0.6 is 0 Å². The lowest BCUT2D eigenvalue weighted by Gasteiger charge is -2.28. The summed E-state index contributed by atoms with van der Waals surface area (Å²) < 4.78 is 4.79. The summed E-state index contributed by atoms with van der Waals surface area (Å²) in [5.74, 6) is 0. The molecule has 1 saturated carbocycles. The largest absolute Gasteiger partial charge is 0.450 e. The second-order valence-corrected chi connectivity index (χ2v) is 3.42. The Bertz CT molecular complexity index is 173. The van der Waals surface area contributed by atoms with Gasteiger partial charge in [0, 0.05) is 12.1 Å². The van der Waals surface area contributed by atoms with Crippen molar-refractivity contribution in [1.82, 2.24) is 5.32 Å². The second-order valence-electron chi connectivity index (χ2n) is 3.42. The molecule has 0 aromatic rings. The maximum atomic E-state index is 11.1. The average molecular weight is 186 g/mol. The van der Waals surface area contributed by atoms with Crippen molar-refractivity contribution in [1.29, 1.82) is 0 Å². The highest BCUT2D eigenvalue weighted by atomic mass is 16.5. The van der Waals surface area contributed by atoms with Crippen molar-refractivity contribution in [3.63, 3.8) is 0 Å². The number of carbonyl (C=O) groups is 1. The standard InChI is InChI=1S/C9H18N2O2/c1-2-13-9(12)11-8-6-4-3-5-7(8)10/h7-8H,2-6,10H2,1H3,(H,11,12). The van der Waals surface area contributed by atoms with Gasteiger partial charge in [0.25, 0.3) is 0 Å². The highest BCUT2D eigenvalue weighted by Crippen LogP contribution is 2.16. The van der Waals surface area contributed by atoms with Crippen LogP contribution in [0.4, 0.5) is 4.79 Å². The monoisotopic (exact) mass is 186 g/mol. The molecule has 4 heteroatoms. The SMILES string of the molecule is CCOC(=O)NC1CCCCC1N. The zero-order valence-corrected chi connectivity index (χ0v) is 8.08. The number of alkyl carbamates (subject to hydrolysis) is 1. The van der Waals surface area contributed by atoms with E-state index >= 15 is 0 Å². The number of ether oxygens (including phenoxy) is 1. The molecule has 13 heavy (non-hydrogen) atoms. The molecule has 1 amide bonds. The van der Waals surface area contributed by atoms with Gasteiger partial charge in [-0.2, -0.15) is 0 Å². The fourth-order valence-corrected chi connectivity index (χ4v) is 1.66. The van der Waals surface area contributed by atoms with Crippen LogP contribution in [0.15, 0.2) is 0 Å². The van der Waals surface area contributed by atoms with E-state index in [4.69, 9.17) is 10.5 Å². The van der Waals surface area contributed by atoms with Crippen LogP contribution in [0.2, 0.25) is 0 Å². The van der Waals surface area contributed by atoms with Crippen LogP contribution in [0.1, 0.15) is 32.6 Å². The van der Waals surface area contributed by atoms with Crippen LogP contribution < -0.4 is 11.1 Å². The maximum Gasteiger partial charge on any atom is 0.407 e. The topological polar surface area (TPSA) is 64.3 Å². The van der Waals surface area contributed by atoms with Crippen LogP contribution in [0.25, 0.3) is 0 Å². The molecule has 1 fully saturated rings. The molecule has 76 valence electrons. The Morgan fingerprint density at radius 3 is 2.85 bits per heavy atom. The van der Waals surface area contributed by atoms with Gasteiger partial charge in [0.15, 0.2) is 0 Å². The molecular formula is C9H18N2O2. The molecule has 4 nitrogen and oxygen atoms in total. The summed E-state index contributed by atoms with van der Waals surface area (Å²) in [7, 11) is 0. The van der Waals surface area contributed by atoms with E-state index in [1.165, 1.54) is 6.42 Å². The molecule has 0 spiro atoms. The van der Waals surface area contributed by atoms with Gasteiger partial charge in [-0.15, -0.1) is 0 Å². The van der Waals surface area contributed by atoms with Crippen molar-refractivity contribution >= 4 is 6.09 Å². The first-order valence-electron chi connectivity index (χ1n) is 4.93. The fraction of sp³-hybridized carbons (Fsp3) is 0.889. The minimum atomic E-state index is -0.343. The highest BCUT2D eigenvalue weighted by molar-refractivity contribution is 5.67. The summed E-state index contributed by atoms with van der Waals surface area (Å²) in [5.41, 5.74) is 5.85. The van der Waals surface area contributed by atoms with Crippen molar-refractivity contribution in [3.8, 4) is 0 Å². The lowest BCUT2D eigenvalue weighted by molar-refractivity contribution is 0.143. The van der Waals surface area contributed by atoms with Gasteiger partial charge in [0.1, 0.15) is 0 Å². The molecule has 2 unspecified atom stereocenters. The first kappa shape index (κ1) is 10.3. The lowest BCUT2D eigenvalue weighted by atomic mass is 9.91. The molecule has 0 aromatic carbocycles. The number of hydrogen-bond donors (Lipinski definition) is 2. The van der Waals surface area contributed by atoms with Gasteiger partial charge in [-0.1, -0.05) is 12.8 Å². The molecule has 1 aliphatic carbocycles. The van der Waals surface area contributed by atoms with E-state index in [1.807, 2.05) is 0 Å². The van der Waals surface area contributed by atoms with Crippen LogP contribution in [-0.2, 0) is 4.74 Å². The molecular weight excluding hydrogens is 168 g/mol. The molecule has 1 rings (SSSR count). The minimum Gasteiger partial charge on any atom is -0.450 e. The van der Waals surface area contributed by atoms with E-state index in [2.05, 4.69) is 5.32 Å². The van der Waals surface area contributed by atoms with E-state index in [1.54, 1.807) is 6.92 Å². The van der Waals surface area contributed by atoms with Crippen LogP contribution in [0.5, 0.6) is 0 Å². The Hall–Kier alpha value is -0.770. The fourth-order valence-electron chi connectivity index (χ4n) is 1.66. The molecule has 3 N–H and O–H groups in total. The van der Waals surface area contributed by atoms with Gasteiger partial charge in [-0.25, -0.2) is 4.79 Å². The molecule has 0 heterocycles. The van der Waals surface area contributed by atoms with Gasteiger partial charge in [0.2, 0.25) is 0 Å². The van der Waals surface area contributed by atoms with Crippen molar-refractivity contribution in [2.45, 2.75) is 44.7 Å². The summed E-state index contributed by atoms with van der Waals surface area (Å²) in [5, 5.41) is 2.78. The van der Waals surface area contributed by atoms with Crippen molar-refractivity contribution in [2.24, 2.45) is 5.73 Å². The highest BCUT2D eigenvalue weighted by Gasteiger charge is 2.23. The Morgan fingerprint density at radius 1 is 1.54 bits per heavy atom. The minimum absolute atomic E-state index is 0.0955. The van der Waals surface area contributed by atoms with Crippen molar-refractivity contribution in [3.05, 3.63) is 0 Å². The molecule has 0 bridgehead atoms. The molecule has 0 saturated heterocycles. The predicted octanol–water partition coefficient (Wildman–Crippen LogP) is 1.00. The number of nitrogens with one attached hydrogen (secondary N) is 1. The Labute approximate surface area is 78.8 Å². The third-order valence-electron chi connectivity index (χ3n) is 2.40. The van der Waals surface area contributed by atoms with E-state index in [-0.39, 0.29) is 18.2 Å². The average Bonchev–Trinajstić information content (AvgIpc) is 2.09. The summed E-state index contributed by atoms with van der Waals surface area (Å²) in [6.07, 6.45) is 3.94. The van der Waals surface area contributed by atoms with Crippen LogP contribution in [0.3, 0.4) is 0 Å². The van der Waals surface area contributed by atoms with E-state index < -0.39 is 0 Å². The molecule has 1 aliphatic rings.